The molecule has 0 aromatic heterocycles. The number of nitrogens with two attached hydrogens (primary N) is 1. The maximum atomic E-state index is 5.93. The molecule has 1 aromatic rings. The second-order valence-corrected chi connectivity index (χ2v) is 5.78. The first-order valence-electron chi connectivity index (χ1n) is 7.01. The summed E-state index contributed by atoms with van der Waals surface area (Å²) in [4.78, 5) is 2.26. The number of hydrogen-bond acceptors (Lipinski definition) is 4. The maximum absolute atomic E-state index is 5.93. The topological polar surface area (TPSA) is 47.7 Å². The fraction of sp³-hybridized carbons (Fsp3) is 0.625. The Kier molecular flexibility index (Phi) is 6.46. The number of nitrogens with zero attached hydrogens (tertiary/aromatic N) is 1. The van der Waals surface area contributed by atoms with Crippen LogP contribution in [0.2, 0.25) is 0 Å². The highest BCUT2D eigenvalue weighted by molar-refractivity contribution is 5.33. The second-order valence-electron chi connectivity index (χ2n) is 5.78. The summed E-state index contributed by atoms with van der Waals surface area (Å²) in [5.41, 5.74) is 6.94. The average Bonchev–Trinajstić information content (AvgIpc) is 2.45. The Labute approximate surface area is 122 Å². The Bertz CT molecular complexity index is 407. The highest BCUT2D eigenvalue weighted by Gasteiger charge is 2.25. The molecule has 0 radical (unpaired) electrons. The van der Waals surface area contributed by atoms with Gasteiger partial charge < -0.3 is 15.2 Å². The van der Waals surface area contributed by atoms with Crippen LogP contribution in [0.3, 0.4) is 0 Å². The Hall–Kier alpha value is -1.10. The Morgan fingerprint density at radius 2 is 1.90 bits per heavy atom. The average molecular weight is 280 g/mol. The van der Waals surface area contributed by atoms with Crippen molar-refractivity contribution in [1.82, 2.24) is 4.90 Å². The van der Waals surface area contributed by atoms with Crippen molar-refractivity contribution in [3.8, 4) is 5.75 Å². The summed E-state index contributed by atoms with van der Waals surface area (Å²) in [6.45, 7) is 5.60. The van der Waals surface area contributed by atoms with Crippen molar-refractivity contribution in [2.45, 2.75) is 38.5 Å². The fourth-order valence-electron chi connectivity index (χ4n) is 2.30. The molecule has 0 saturated carbocycles. The molecular formula is C16H28N2O2. The van der Waals surface area contributed by atoms with E-state index in [1.807, 2.05) is 18.2 Å². The summed E-state index contributed by atoms with van der Waals surface area (Å²) >= 11 is 0. The number of methoxy groups -OCH3 is 2. The quantitative estimate of drug-likeness (QED) is 0.793. The van der Waals surface area contributed by atoms with E-state index >= 15 is 0 Å². The number of benzene rings is 1. The smallest absolute Gasteiger partial charge is 0.123 e. The van der Waals surface area contributed by atoms with E-state index in [1.165, 1.54) is 5.56 Å². The van der Waals surface area contributed by atoms with Crippen LogP contribution < -0.4 is 10.5 Å². The summed E-state index contributed by atoms with van der Waals surface area (Å²) in [6, 6.07) is 8.36. The highest BCUT2D eigenvalue weighted by atomic mass is 16.5. The molecule has 114 valence electrons. The molecule has 0 heterocycles. The lowest BCUT2D eigenvalue weighted by atomic mass is 9.97. The molecule has 2 N–H and O–H groups in total. The molecule has 0 spiro atoms. The Balaban J connectivity index is 2.74. The van der Waals surface area contributed by atoms with Gasteiger partial charge in [-0.15, -0.1) is 0 Å². The van der Waals surface area contributed by atoms with E-state index in [1.54, 1.807) is 14.2 Å². The van der Waals surface area contributed by atoms with Crippen LogP contribution in [0.25, 0.3) is 0 Å². The lowest BCUT2D eigenvalue weighted by Gasteiger charge is -2.34. The minimum atomic E-state index is -0.168. The third kappa shape index (κ3) is 4.78. The number of ether oxygens (including phenoxy) is 2. The number of para-hydroxylation sites is 1. The molecule has 20 heavy (non-hydrogen) atoms. The van der Waals surface area contributed by atoms with Gasteiger partial charge in [0.2, 0.25) is 0 Å². The lowest BCUT2D eigenvalue weighted by Crippen LogP contribution is -2.43. The molecule has 0 bridgehead atoms. The van der Waals surface area contributed by atoms with E-state index in [4.69, 9.17) is 15.2 Å². The van der Waals surface area contributed by atoms with Crippen LogP contribution in [0, 0.1) is 0 Å². The summed E-state index contributed by atoms with van der Waals surface area (Å²) in [6.07, 6.45) is 0.894. The first-order valence-corrected chi connectivity index (χ1v) is 7.01. The van der Waals surface area contributed by atoms with Gasteiger partial charge in [-0.25, -0.2) is 0 Å². The third-order valence-electron chi connectivity index (χ3n) is 3.79. The molecule has 0 aliphatic carbocycles. The molecule has 0 aliphatic rings. The predicted octanol–water partition coefficient (Wildman–Crippen LogP) is 2.27. The molecule has 1 aromatic carbocycles. The molecule has 4 nitrogen and oxygen atoms in total. The van der Waals surface area contributed by atoms with Gasteiger partial charge in [-0.05, 0) is 33.4 Å². The second kappa shape index (κ2) is 7.62. The third-order valence-corrected chi connectivity index (χ3v) is 3.79. The summed E-state index contributed by atoms with van der Waals surface area (Å²) < 4.78 is 10.9. The lowest BCUT2D eigenvalue weighted by molar-refractivity contribution is -0.00544. The zero-order valence-corrected chi connectivity index (χ0v) is 13.3. The van der Waals surface area contributed by atoms with Gasteiger partial charge >= 0.3 is 0 Å². The normalized spacial score (nSPS) is 13.6. The van der Waals surface area contributed by atoms with Gasteiger partial charge in [-0.1, -0.05) is 18.2 Å². The number of hydrogen-bond donors (Lipinski definition) is 1. The van der Waals surface area contributed by atoms with Crippen molar-refractivity contribution in [1.29, 1.82) is 0 Å². The molecule has 1 atom stereocenters. The highest BCUT2D eigenvalue weighted by Crippen LogP contribution is 2.22. The monoisotopic (exact) mass is 280 g/mol. The number of rotatable bonds is 8. The number of likely N-dealkylation sites (N-methyl/N-ethyl adjacent to an activating group) is 1. The molecule has 1 unspecified atom stereocenters. The van der Waals surface area contributed by atoms with Gasteiger partial charge in [0, 0.05) is 31.8 Å². The molecule has 4 heteroatoms. The van der Waals surface area contributed by atoms with E-state index in [0.717, 1.165) is 18.7 Å². The van der Waals surface area contributed by atoms with Crippen molar-refractivity contribution in [3.63, 3.8) is 0 Å². The van der Waals surface area contributed by atoms with Gasteiger partial charge in [0.1, 0.15) is 5.75 Å². The minimum absolute atomic E-state index is 0.168. The summed E-state index contributed by atoms with van der Waals surface area (Å²) in [7, 11) is 5.54. The standard InChI is InChI=1S/C16H28N2O2/c1-16(2,20-5)10-14(11-17)18(3)12-13-8-6-7-9-15(13)19-4/h6-9,14H,10-12,17H2,1-5H3. The van der Waals surface area contributed by atoms with Gasteiger partial charge in [-0.3, -0.25) is 4.90 Å². The van der Waals surface area contributed by atoms with Crippen molar-refractivity contribution in [2.75, 3.05) is 27.8 Å². The van der Waals surface area contributed by atoms with Gasteiger partial charge in [-0.2, -0.15) is 0 Å². The van der Waals surface area contributed by atoms with E-state index in [2.05, 4.69) is 31.9 Å². The van der Waals surface area contributed by atoms with E-state index in [9.17, 15) is 0 Å². The maximum Gasteiger partial charge on any atom is 0.123 e. The van der Waals surface area contributed by atoms with Crippen LogP contribution in [0.1, 0.15) is 25.8 Å². The largest absolute Gasteiger partial charge is 0.496 e. The SMILES string of the molecule is COc1ccccc1CN(C)C(CN)CC(C)(C)OC. The van der Waals surface area contributed by atoms with Gasteiger partial charge in [0.15, 0.2) is 0 Å². The van der Waals surface area contributed by atoms with E-state index < -0.39 is 0 Å². The van der Waals surface area contributed by atoms with Crippen LogP contribution in [-0.2, 0) is 11.3 Å². The van der Waals surface area contributed by atoms with Crippen molar-refractivity contribution < 1.29 is 9.47 Å². The molecule has 0 amide bonds. The first-order chi connectivity index (χ1) is 9.43. The van der Waals surface area contributed by atoms with Crippen molar-refractivity contribution in [2.24, 2.45) is 5.73 Å². The Morgan fingerprint density at radius 1 is 1.25 bits per heavy atom. The zero-order valence-electron chi connectivity index (χ0n) is 13.3. The van der Waals surface area contributed by atoms with Crippen molar-refractivity contribution in [3.05, 3.63) is 29.8 Å². The van der Waals surface area contributed by atoms with Crippen LogP contribution >= 0.6 is 0 Å². The van der Waals surface area contributed by atoms with Crippen LogP contribution in [0.15, 0.2) is 24.3 Å². The molecule has 1 rings (SSSR count). The molecule has 0 fully saturated rings. The molecular weight excluding hydrogens is 252 g/mol. The minimum Gasteiger partial charge on any atom is -0.496 e. The summed E-state index contributed by atoms with van der Waals surface area (Å²) in [5, 5.41) is 0. The van der Waals surface area contributed by atoms with Crippen LogP contribution in [0.4, 0.5) is 0 Å². The van der Waals surface area contributed by atoms with E-state index in [0.29, 0.717) is 6.54 Å². The molecule has 0 aliphatic heterocycles. The van der Waals surface area contributed by atoms with Gasteiger partial charge in [0.05, 0.1) is 12.7 Å². The fourth-order valence-corrected chi connectivity index (χ4v) is 2.30. The van der Waals surface area contributed by atoms with Crippen LogP contribution in [-0.4, -0.2) is 44.4 Å². The van der Waals surface area contributed by atoms with E-state index in [-0.39, 0.29) is 11.6 Å². The van der Waals surface area contributed by atoms with Crippen molar-refractivity contribution >= 4 is 0 Å². The van der Waals surface area contributed by atoms with Gasteiger partial charge in [0.25, 0.3) is 0 Å². The zero-order chi connectivity index (χ0) is 15.2. The first kappa shape index (κ1) is 17.0. The summed E-state index contributed by atoms with van der Waals surface area (Å²) in [5.74, 6) is 0.918. The Morgan fingerprint density at radius 3 is 2.45 bits per heavy atom. The van der Waals surface area contributed by atoms with Crippen LogP contribution in [0.5, 0.6) is 5.75 Å². The predicted molar refractivity (Wildman–Crippen MR) is 83.0 cm³/mol. The molecule has 0 saturated heterocycles.